The van der Waals surface area contributed by atoms with E-state index in [-0.39, 0.29) is 0 Å². The summed E-state index contributed by atoms with van der Waals surface area (Å²) in [5, 5.41) is 9.49. The second-order valence-electron chi connectivity index (χ2n) is 4.54. The topological polar surface area (TPSA) is 68.0 Å². The molecule has 20 heavy (non-hydrogen) atoms. The smallest absolute Gasteiger partial charge is 0.327 e. The maximum Gasteiger partial charge on any atom is 0.327 e. The maximum atomic E-state index is 11.6. The van der Waals surface area contributed by atoms with Crippen LogP contribution in [-0.2, 0) is 11.2 Å². The van der Waals surface area contributed by atoms with Gasteiger partial charge in [-0.1, -0.05) is 30.3 Å². The van der Waals surface area contributed by atoms with E-state index in [1.165, 1.54) is 0 Å². The van der Waals surface area contributed by atoms with Crippen molar-refractivity contribution in [1.29, 1.82) is 0 Å². The zero-order chi connectivity index (χ0) is 13.9. The molecule has 2 aromatic heterocycles. The lowest BCUT2D eigenvalue weighted by molar-refractivity contribution is -0.140. The highest BCUT2D eigenvalue weighted by molar-refractivity contribution is 5.77. The fourth-order valence-electron chi connectivity index (χ4n) is 2.24. The summed E-state index contributed by atoms with van der Waals surface area (Å²) in [5.74, 6) is -0.890. The molecule has 0 saturated carbocycles. The molecule has 1 atom stereocenters. The predicted octanol–water partition coefficient (Wildman–Crippen LogP) is 2.30. The zero-order valence-corrected chi connectivity index (χ0v) is 10.7. The highest BCUT2D eigenvalue weighted by atomic mass is 16.4. The van der Waals surface area contributed by atoms with Crippen LogP contribution in [0.2, 0.25) is 0 Å². The van der Waals surface area contributed by atoms with Gasteiger partial charge in [-0.3, -0.25) is 0 Å². The van der Waals surface area contributed by atoms with Crippen LogP contribution in [0.3, 0.4) is 0 Å². The SMILES string of the molecule is O=C(O)C(Cc1ccccc1)n1cnc2cccnc21. The third-order valence-electron chi connectivity index (χ3n) is 3.22. The number of imidazole rings is 1. The van der Waals surface area contributed by atoms with E-state index in [2.05, 4.69) is 9.97 Å². The average molecular weight is 267 g/mol. The van der Waals surface area contributed by atoms with E-state index in [0.29, 0.717) is 17.6 Å². The Labute approximate surface area is 115 Å². The molecule has 0 aliphatic heterocycles. The first-order chi connectivity index (χ1) is 9.75. The van der Waals surface area contributed by atoms with Crippen LogP contribution in [0.15, 0.2) is 55.0 Å². The fourth-order valence-corrected chi connectivity index (χ4v) is 2.24. The van der Waals surface area contributed by atoms with Gasteiger partial charge in [-0.25, -0.2) is 14.8 Å². The van der Waals surface area contributed by atoms with Crippen molar-refractivity contribution in [3.8, 4) is 0 Å². The summed E-state index contributed by atoms with van der Waals surface area (Å²) in [7, 11) is 0. The number of pyridine rings is 1. The molecule has 1 aromatic carbocycles. The van der Waals surface area contributed by atoms with Crippen molar-refractivity contribution in [3.05, 3.63) is 60.6 Å². The number of carboxylic acids is 1. The Kier molecular flexibility index (Phi) is 3.16. The van der Waals surface area contributed by atoms with Crippen LogP contribution in [0.1, 0.15) is 11.6 Å². The highest BCUT2D eigenvalue weighted by Crippen LogP contribution is 2.19. The second kappa shape index (κ2) is 5.13. The van der Waals surface area contributed by atoms with Crippen molar-refractivity contribution in [3.63, 3.8) is 0 Å². The van der Waals surface area contributed by atoms with Crippen molar-refractivity contribution in [2.75, 3.05) is 0 Å². The molecule has 0 saturated heterocycles. The molecule has 0 radical (unpaired) electrons. The van der Waals surface area contributed by atoms with Crippen LogP contribution >= 0.6 is 0 Å². The van der Waals surface area contributed by atoms with Crippen LogP contribution in [0, 0.1) is 0 Å². The summed E-state index contributed by atoms with van der Waals surface area (Å²) < 4.78 is 1.62. The summed E-state index contributed by atoms with van der Waals surface area (Å²) in [6.45, 7) is 0. The molecular formula is C15H13N3O2. The summed E-state index contributed by atoms with van der Waals surface area (Å²) in [6.07, 6.45) is 3.58. The van der Waals surface area contributed by atoms with E-state index in [0.717, 1.165) is 5.56 Å². The molecular weight excluding hydrogens is 254 g/mol. The Morgan fingerprint density at radius 1 is 1.15 bits per heavy atom. The fraction of sp³-hybridized carbons (Fsp3) is 0.133. The van der Waals surface area contributed by atoms with E-state index >= 15 is 0 Å². The van der Waals surface area contributed by atoms with Gasteiger partial charge < -0.3 is 9.67 Å². The summed E-state index contributed by atoms with van der Waals surface area (Å²) in [6, 6.07) is 12.4. The lowest BCUT2D eigenvalue weighted by Crippen LogP contribution is -2.21. The van der Waals surface area contributed by atoms with Crippen molar-refractivity contribution < 1.29 is 9.90 Å². The van der Waals surface area contributed by atoms with Crippen LogP contribution in [0.4, 0.5) is 0 Å². The van der Waals surface area contributed by atoms with Gasteiger partial charge in [0, 0.05) is 12.6 Å². The number of rotatable bonds is 4. The third-order valence-corrected chi connectivity index (χ3v) is 3.22. The Bertz CT molecular complexity index is 737. The molecule has 0 amide bonds. The first-order valence-electron chi connectivity index (χ1n) is 6.30. The van der Waals surface area contributed by atoms with E-state index < -0.39 is 12.0 Å². The van der Waals surface area contributed by atoms with Gasteiger partial charge in [0.25, 0.3) is 0 Å². The van der Waals surface area contributed by atoms with E-state index in [9.17, 15) is 9.90 Å². The first-order valence-corrected chi connectivity index (χ1v) is 6.30. The summed E-state index contributed by atoms with van der Waals surface area (Å²) in [4.78, 5) is 20.0. The quantitative estimate of drug-likeness (QED) is 0.787. The molecule has 5 heteroatoms. The molecule has 100 valence electrons. The maximum absolute atomic E-state index is 11.6. The van der Waals surface area contributed by atoms with Gasteiger partial charge in [0.1, 0.15) is 11.6 Å². The van der Waals surface area contributed by atoms with Crippen LogP contribution in [0.5, 0.6) is 0 Å². The van der Waals surface area contributed by atoms with Gasteiger partial charge in [-0.2, -0.15) is 0 Å². The molecule has 0 aliphatic rings. The number of benzene rings is 1. The minimum Gasteiger partial charge on any atom is -0.480 e. The summed E-state index contributed by atoms with van der Waals surface area (Å²) >= 11 is 0. The molecule has 0 fully saturated rings. The minimum atomic E-state index is -0.890. The molecule has 0 spiro atoms. The van der Waals surface area contributed by atoms with Gasteiger partial charge in [0.2, 0.25) is 0 Å². The van der Waals surface area contributed by atoms with E-state index in [1.807, 2.05) is 36.4 Å². The van der Waals surface area contributed by atoms with Crippen LogP contribution in [-0.4, -0.2) is 25.6 Å². The van der Waals surface area contributed by atoms with Crippen molar-refractivity contribution in [2.24, 2.45) is 0 Å². The zero-order valence-electron chi connectivity index (χ0n) is 10.7. The number of hydrogen-bond acceptors (Lipinski definition) is 3. The first kappa shape index (κ1) is 12.3. The molecule has 2 heterocycles. The third kappa shape index (κ3) is 2.25. The van der Waals surface area contributed by atoms with Gasteiger partial charge in [0.15, 0.2) is 5.65 Å². The number of carboxylic acid groups (broad SMARTS) is 1. The number of carbonyl (C=O) groups is 1. The Morgan fingerprint density at radius 2 is 1.95 bits per heavy atom. The Hall–Kier alpha value is -2.69. The van der Waals surface area contributed by atoms with Crippen LogP contribution in [0.25, 0.3) is 11.2 Å². The molecule has 3 rings (SSSR count). The van der Waals surface area contributed by atoms with Crippen molar-refractivity contribution in [2.45, 2.75) is 12.5 Å². The molecule has 5 nitrogen and oxygen atoms in total. The number of fused-ring (bicyclic) bond motifs is 1. The normalized spacial score (nSPS) is 12.4. The van der Waals surface area contributed by atoms with Crippen molar-refractivity contribution >= 4 is 17.1 Å². The van der Waals surface area contributed by atoms with E-state index in [4.69, 9.17) is 0 Å². The Morgan fingerprint density at radius 3 is 2.70 bits per heavy atom. The minimum absolute atomic E-state index is 0.401. The Balaban J connectivity index is 2.01. The number of aliphatic carboxylic acids is 1. The predicted molar refractivity (Wildman–Crippen MR) is 74.3 cm³/mol. The van der Waals surface area contributed by atoms with Crippen LogP contribution < -0.4 is 0 Å². The van der Waals surface area contributed by atoms with Gasteiger partial charge >= 0.3 is 5.97 Å². The standard InChI is InChI=1S/C15H13N3O2/c19-15(20)13(9-11-5-2-1-3-6-11)18-10-17-12-7-4-8-16-14(12)18/h1-8,10,13H,9H2,(H,19,20). The summed E-state index contributed by atoms with van der Waals surface area (Å²) in [5.41, 5.74) is 2.26. The number of aromatic nitrogens is 3. The molecule has 0 aliphatic carbocycles. The average Bonchev–Trinajstić information content (AvgIpc) is 2.89. The monoisotopic (exact) mass is 267 g/mol. The lowest BCUT2D eigenvalue weighted by Gasteiger charge is -2.14. The van der Waals surface area contributed by atoms with E-state index in [1.54, 1.807) is 23.2 Å². The molecule has 3 aromatic rings. The largest absolute Gasteiger partial charge is 0.480 e. The van der Waals surface area contributed by atoms with Gasteiger partial charge in [0.05, 0.1) is 6.33 Å². The number of nitrogens with zero attached hydrogens (tertiary/aromatic N) is 3. The van der Waals surface area contributed by atoms with Gasteiger partial charge in [-0.05, 0) is 17.7 Å². The van der Waals surface area contributed by atoms with Crippen molar-refractivity contribution in [1.82, 2.24) is 14.5 Å². The lowest BCUT2D eigenvalue weighted by atomic mass is 10.1. The molecule has 1 N–H and O–H groups in total. The molecule has 1 unspecified atom stereocenters. The second-order valence-corrected chi connectivity index (χ2v) is 4.54. The molecule has 0 bridgehead atoms. The highest BCUT2D eigenvalue weighted by Gasteiger charge is 2.22. The van der Waals surface area contributed by atoms with Gasteiger partial charge in [-0.15, -0.1) is 0 Å². The number of hydrogen-bond donors (Lipinski definition) is 1.